The van der Waals surface area contributed by atoms with Crippen LogP contribution >= 0.6 is 0 Å². The third-order valence-electron chi connectivity index (χ3n) is 4.35. The molecule has 1 aliphatic rings. The van der Waals surface area contributed by atoms with Gasteiger partial charge < -0.3 is 19.2 Å². The Kier molecular flexibility index (Phi) is 8.04. The van der Waals surface area contributed by atoms with Gasteiger partial charge in [0.1, 0.15) is 5.78 Å². The van der Waals surface area contributed by atoms with Crippen LogP contribution in [0.1, 0.15) is 46.5 Å². The van der Waals surface area contributed by atoms with Crippen LogP contribution in [0.15, 0.2) is 0 Å². The lowest BCUT2D eigenvalue weighted by Crippen LogP contribution is -2.39. The first-order valence-electron chi connectivity index (χ1n) is 8.17. The van der Waals surface area contributed by atoms with Crippen LogP contribution < -0.4 is 0 Å². The van der Waals surface area contributed by atoms with Crippen LogP contribution in [0.25, 0.3) is 0 Å². The van der Waals surface area contributed by atoms with Gasteiger partial charge in [0, 0.05) is 33.6 Å². The van der Waals surface area contributed by atoms with E-state index in [0.29, 0.717) is 31.9 Å². The van der Waals surface area contributed by atoms with E-state index in [1.54, 1.807) is 21.1 Å². The Labute approximate surface area is 134 Å². The van der Waals surface area contributed by atoms with E-state index in [-0.39, 0.29) is 29.8 Å². The summed E-state index contributed by atoms with van der Waals surface area (Å²) < 4.78 is 10.6. The van der Waals surface area contributed by atoms with Crippen LogP contribution in [0.4, 0.5) is 0 Å². The number of ether oxygens (including phenoxy) is 2. The summed E-state index contributed by atoms with van der Waals surface area (Å²) in [7, 11) is 3.35. The van der Waals surface area contributed by atoms with E-state index in [2.05, 4.69) is 13.8 Å². The molecule has 0 N–H and O–H groups in total. The van der Waals surface area contributed by atoms with Crippen LogP contribution in [0.5, 0.6) is 0 Å². The molecule has 0 bridgehead atoms. The standard InChI is InChI=1S/C17H31NO4/c1-12(7-14(3)19)6-13(2)8-17(20)18-10-16(22-5)9-15(18)11-21-4/h12-13,15-16H,6-11H2,1-5H3/t12?,13?,15-,16+/m0/s1. The Balaban J connectivity index is 2.50. The fourth-order valence-corrected chi connectivity index (χ4v) is 3.46. The molecule has 1 heterocycles. The molecule has 1 saturated heterocycles. The first-order valence-corrected chi connectivity index (χ1v) is 8.17. The third kappa shape index (κ3) is 6.05. The summed E-state index contributed by atoms with van der Waals surface area (Å²) in [6.45, 7) is 6.99. The Morgan fingerprint density at radius 3 is 2.36 bits per heavy atom. The lowest BCUT2D eigenvalue weighted by Gasteiger charge is -2.26. The predicted molar refractivity (Wildman–Crippen MR) is 85.7 cm³/mol. The molecule has 1 fully saturated rings. The molecule has 1 amide bonds. The predicted octanol–water partition coefficient (Wildman–Crippen LogP) is 2.28. The van der Waals surface area contributed by atoms with Gasteiger partial charge in [-0.3, -0.25) is 4.79 Å². The van der Waals surface area contributed by atoms with Gasteiger partial charge in [0.15, 0.2) is 0 Å². The molecular formula is C17H31NO4. The molecule has 0 aliphatic carbocycles. The van der Waals surface area contributed by atoms with E-state index >= 15 is 0 Å². The van der Waals surface area contributed by atoms with Crippen LogP contribution in [0.2, 0.25) is 0 Å². The van der Waals surface area contributed by atoms with Crippen molar-refractivity contribution in [1.29, 1.82) is 0 Å². The van der Waals surface area contributed by atoms with E-state index in [4.69, 9.17) is 9.47 Å². The lowest BCUT2D eigenvalue weighted by atomic mass is 9.91. The quantitative estimate of drug-likeness (QED) is 0.655. The highest BCUT2D eigenvalue weighted by Crippen LogP contribution is 2.24. The average Bonchev–Trinajstić information content (AvgIpc) is 2.81. The molecule has 128 valence electrons. The van der Waals surface area contributed by atoms with Crippen molar-refractivity contribution in [2.75, 3.05) is 27.4 Å². The summed E-state index contributed by atoms with van der Waals surface area (Å²) in [4.78, 5) is 25.6. The lowest BCUT2D eigenvalue weighted by molar-refractivity contribution is -0.134. The number of nitrogens with zero attached hydrogens (tertiary/aromatic N) is 1. The number of ketones is 1. The number of carbonyl (C=O) groups excluding carboxylic acids is 2. The maximum Gasteiger partial charge on any atom is 0.223 e. The molecular weight excluding hydrogens is 282 g/mol. The van der Waals surface area contributed by atoms with Crippen molar-refractivity contribution in [2.45, 2.75) is 58.6 Å². The normalized spacial score (nSPS) is 24.3. The topological polar surface area (TPSA) is 55.8 Å². The van der Waals surface area contributed by atoms with Crippen LogP contribution in [-0.4, -0.2) is 56.1 Å². The summed E-state index contributed by atoms with van der Waals surface area (Å²) in [6.07, 6.45) is 2.97. The monoisotopic (exact) mass is 313 g/mol. The highest BCUT2D eigenvalue weighted by molar-refractivity contribution is 5.77. The molecule has 5 heteroatoms. The fraction of sp³-hybridized carbons (Fsp3) is 0.882. The van der Waals surface area contributed by atoms with Gasteiger partial charge in [0.05, 0.1) is 18.8 Å². The van der Waals surface area contributed by atoms with Crippen molar-refractivity contribution in [2.24, 2.45) is 11.8 Å². The first-order chi connectivity index (χ1) is 10.4. The zero-order valence-electron chi connectivity index (χ0n) is 14.6. The molecule has 22 heavy (non-hydrogen) atoms. The Morgan fingerprint density at radius 1 is 1.18 bits per heavy atom. The molecule has 1 aliphatic heterocycles. The third-order valence-corrected chi connectivity index (χ3v) is 4.35. The van der Waals surface area contributed by atoms with Gasteiger partial charge in [-0.05, 0) is 31.6 Å². The van der Waals surface area contributed by atoms with Crippen molar-refractivity contribution in [3.63, 3.8) is 0 Å². The number of methoxy groups -OCH3 is 2. The summed E-state index contributed by atoms with van der Waals surface area (Å²) in [5, 5.41) is 0. The number of amides is 1. The number of rotatable bonds is 9. The molecule has 0 saturated carbocycles. The minimum absolute atomic E-state index is 0.107. The van der Waals surface area contributed by atoms with Gasteiger partial charge in [-0.2, -0.15) is 0 Å². The second-order valence-corrected chi connectivity index (χ2v) is 6.80. The molecule has 2 unspecified atom stereocenters. The number of Topliss-reactive ketones (excluding diaryl/α,β-unsaturated/α-hetero) is 1. The van der Waals surface area contributed by atoms with Gasteiger partial charge in [0.25, 0.3) is 0 Å². The van der Waals surface area contributed by atoms with Crippen molar-refractivity contribution >= 4 is 11.7 Å². The summed E-state index contributed by atoms with van der Waals surface area (Å²) in [6, 6.07) is 0.115. The number of hydrogen-bond donors (Lipinski definition) is 0. The molecule has 4 atom stereocenters. The number of carbonyl (C=O) groups is 2. The Bertz CT molecular complexity index is 372. The summed E-state index contributed by atoms with van der Waals surface area (Å²) in [5.74, 6) is 1.00. The molecule has 0 aromatic heterocycles. The van der Waals surface area contributed by atoms with Crippen LogP contribution in [-0.2, 0) is 19.1 Å². The zero-order chi connectivity index (χ0) is 16.7. The average molecular weight is 313 g/mol. The van der Waals surface area contributed by atoms with E-state index in [0.717, 1.165) is 12.8 Å². The molecule has 0 aromatic rings. The largest absolute Gasteiger partial charge is 0.383 e. The van der Waals surface area contributed by atoms with Crippen molar-refractivity contribution in [3.05, 3.63) is 0 Å². The van der Waals surface area contributed by atoms with Crippen LogP contribution in [0, 0.1) is 11.8 Å². The Morgan fingerprint density at radius 2 is 1.82 bits per heavy atom. The number of likely N-dealkylation sites (tertiary alicyclic amines) is 1. The van der Waals surface area contributed by atoms with Gasteiger partial charge in [0.2, 0.25) is 5.91 Å². The van der Waals surface area contributed by atoms with E-state index in [1.165, 1.54) is 0 Å². The van der Waals surface area contributed by atoms with Crippen molar-refractivity contribution in [1.82, 2.24) is 4.90 Å². The second kappa shape index (κ2) is 9.26. The minimum Gasteiger partial charge on any atom is -0.383 e. The minimum atomic E-state index is 0.107. The van der Waals surface area contributed by atoms with Gasteiger partial charge in [-0.1, -0.05) is 13.8 Å². The molecule has 0 spiro atoms. The molecule has 0 aromatic carbocycles. The fourth-order valence-electron chi connectivity index (χ4n) is 3.46. The second-order valence-electron chi connectivity index (χ2n) is 6.80. The first kappa shape index (κ1) is 19.1. The van der Waals surface area contributed by atoms with E-state index < -0.39 is 0 Å². The van der Waals surface area contributed by atoms with Crippen molar-refractivity contribution < 1.29 is 19.1 Å². The van der Waals surface area contributed by atoms with Gasteiger partial charge in [-0.25, -0.2) is 0 Å². The SMILES string of the molecule is COC[C@@H]1C[C@@H](OC)CN1C(=O)CC(C)CC(C)CC(C)=O. The summed E-state index contributed by atoms with van der Waals surface area (Å²) >= 11 is 0. The maximum atomic E-state index is 12.6. The Hall–Kier alpha value is -0.940. The van der Waals surface area contributed by atoms with E-state index in [1.807, 2.05) is 4.90 Å². The highest BCUT2D eigenvalue weighted by atomic mass is 16.5. The molecule has 0 radical (unpaired) electrons. The van der Waals surface area contributed by atoms with Gasteiger partial charge >= 0.3 is 0 Å². The maximum absolute atomic E-state index is 12.6. The zero-order valence-corrected chi connectivity index (χ0v) is 14.6. The van der Waals surface area contributed by atoms with Crippen LogP contribution in [0.3, 0.4) is 0 Å². The summed E-state index contributed by atoms with van der Waals surface area (Å²) in [5.41, 5.74) is 0. The van der Waals surface area contributed by atoms with Gasteiger partial charge in [-0.15, -0.1) is 0 Å². The van der Waals surface area contributed by atoms with Crippen molar-refractivity contribution in [3.8, 4) is 0 Å². The number of hydrogen-bond acceptors (Lipinski definition) is 4. The highest BCUT2D eigenvalue weighted by Gasteiger charge is 2.35. The van der Waals surface area contributed by atoms with E-state index in [9.17, 15) is 9.59 Å². The molecule has 5 nitrogen and oxygen atoms in total. The smallest absolute Gasteiger partial charge is 0.223 e. The molecule has 1 rings (SSSR count).